The van der Waals surface area contributed by atoms with Crippen molar-refractivity contribution in [1.82, 2.24) is 5.48 Å². The van der Waals surface area contributed by atoms with Crippen LogP contribution in [0, 0.1) is 0 Å². The third-order valence-electron chi connectivity index (χ3n) is 4.81. The molecule has 11 nitrogen and oxygen atoms in total. The van der Waals surface area contributed by atoms with E-state index in [0.29, 0.717) is 51.8 Å². The van der Waals surface area contributed by atoms with E-state index >= 15 is 0 Å². The predicted molar refractivity (Wildman–Crippen MR) is 166 cm³/mol. The van der Waals surface area contributed by atoms with Gasteiger partial charge in [-0.3, -0.25) is 4.84 Å². The molecule has 0 fully saturated rings. The van der Waals surface area contributed by atoms with Gasteiger partial charge in [-0.1, -0.05) is 34.8 Å². The third kappa shape index (κ3) is 11.5. The second-order valence-corrected chi connectivity index (χ2v) is 11.7. The molecule has 3 rings (SSSR count). The van der Waals surface area contributed by atoms with E-state index in [9.17, 15) is 8.42 Å². The van der Waals surface area contributed by atoms with E-state index in [0.717, 1.165) is 0 Å². The van der Waals surface area contributed by atoms with Crippen LogP contribution >= 0.6 is 34.8 Å². The number of halogens is 3. The molecule has 0 aliphatic heterocycles. The largest absolute Gasteiger partial charge is 0.492 e. The Labute approximate surface area is 254 Å². The summed E-state index contributed by atoms with van der Waals surface area (Å²) in [6.07, 6.45) is 0.576. The highest BCUT2D eigenvalue weighted by atomic mass is 35.5. The van der Waals surface area contributed by atoms with Crippen molar-refractivity contribution in [2.75, 3.05) is 24.7 Å². The number of hydroxylamine groups is 1. The molecule has 0 radical (unpaired) electrons. The maximum absolute atomic E-state index is 12.2. The van der Waals surface area contributed by atoms with E-state index in [1.54, 1.807) is 30.3 Å². The number of aliphatic imine (C=N–C) groups is 2. The second-order valence-electron chi connectivity index (χ2n) is 8.57. The lowest BCUT2D eigenvalue weighted by Crippen LogP contribution is -2.34. The summed E-state index contributed by atoms with van der Waals surface area (Å²) in [4.78, 5) is 13.4. The summed E-state index contributed by atoms with van der Waals surface area (Å²) in [5.41, 5.74) is 25.7. The van der Waals surface area contributed by atoms with E-state index in [1.807, 2.05) is 13.8 Å². The van der Waals surface area contributed by atoms with E-state index in [1.165, 1.54) is 30.3 Å². The van der Waals surface area contributed by atoms with Crippen LogP contribution < -0.4 is 33.2 Å². The Morgan fingerprint density at radius 1 is 0.854 bits per heavy atom. The van der Waals surface area contributed by atoms with Gasteiger partial charge in [0.1, 0.15) is 5.75 Å². The third-order valence-corrected chi connectivity index (χ3v) is 7.61. The minimum Gasteiger partial charge on any atom is -0.492 e. The maximum Gasteiger partial charge on any atom is 0.221 e. The molecule has 0 aromatic heterocycles. The highest BCUT2D eigenvalue weighted by Crippen LogP contribution is 2.33. The Morgan fingerprint density at radius 3 is 1.88 bits per heavy atom. The topological polar surface area (TPSA) is 193 Å². The van der Waals surface area contributed by atoms with Gasteiger partial charge in [-0.25, -0.2) is 18.9 Å². The molecule has 0 saturated heterocycles. The van der Waals surface area contributed by atoms with Gasteiger partial charge in [0, 0.05) is 29.9 Å². The maximum atomic E-state index is 12.2. The zero-order valence-electron chi connectivity index (χ0n) is 22.4. The molecule has 0 heterocycles. The summed E-state index contributed by atoms with van der Waals surface area (Å²) in [6, 6.07) is 15.3. The minimum atomic E-state index is -3.48. The van der Waals surface area contributed by atoms with E-state index < -0.39 is 9.84 Å². The molecule has 0 atom stereocenters. The number of nitrogens with two attached hydrogens (primary N) is 4. The fraction of sp³-hybridized carbons (Fsp3) is 0.231. The zero-order chi connectivity index (χ0) is 30.6. The van der Waals surface area contributed by atoms with Gasteiger partial charge < -0.3 is 27.7 Å². The number of hydrogen-bond acceptors (Lipinski definition) is 7. The van der Waals surface area contributed by atoms with Crippen molar-refractivity contribution in [3.05, 3.63) is 75.7 Å². The second kappa shape index (κ2) is 16.1. The number of nitrogen functional groups attached to an aromatic ring is 2. The summed E-state index contributed by atoms with van der Waals surface area (Å²) >= 11 is 17.7. The number of sulfone groups is 1. The number of rotatable bonds is 9. The molecule has 0 saturated carbocycles. The summed E-state index contributed by atoms with van der Waals surface area (Å²) in [6.45, 7) is 4.45. The van der Waals surface area contributed by atoms with Gasteiger partial charge in [0.05, 0.1) is 38.1 Å². The first-order chi connectivity index (χ1) is 19.3. The summed E-state index contributed by atoms with van der Waals surface area (Å²) < 4.78 is 29.9. The lowest BCUT2D eigenvalue weighted by Gasteiger charge is -2.10. The number of benzene rings is 3. The van der Waals surface area contributed by atoms with E-state index in [2.05, 4.69) is 15.5 Å². The van der Waals surface area contributed by atoms with Crippen molar-refractivity contribution in [3.63, 3.8) is 0 Å². The molecule has 222 valence electrons. The Kier molecular flexibility index (Phi) is 13.3. The highest BCUT2D eigenvalue weighted by Gasteiger charge is 2.16. The molecule has 3 aromatic carbocycles. The van der Waals surface area contributed by atoms with Gasteiger partial charge in [-0.2, -0.15) is 4.99 Å². The van der Waals surface area contributed by atoms with Gasteiger partial charge in [0.15, 0.2) is 0 Å². The fourth-order valence-electron chi connectivity index (χ4n) is 2.92. The molecule has 3 aromatic rings. The molecule has 0 unspecified atom stereocenters. The van der Waals surface area contributed by atoms with Crippen molar-refractivity contribution < 1.29 is 18.0 Å². The Morgan fingerprint density at radius 2 is 1.37 bits per heavy atom. The van der Waals surface area contributed by atoms with Crippen LogP contribution in [0.25, 0.3) is 0 Å². The number of guanidine groups is 2. The molecule has 0 aliphatic rings. The number of anilines is 2. The Bertz CT molecular complexity index is 1400. The number of nitrogens with zero attached hydrogens (tertiary/aromatic N) is 2. The predicted octanol–water partition coefficient (Wildman–Crippen LogP) is 4.66. The molecule has 0 amide bonds. The molecule has 15 heteroatoms. The van der Waals surface area contributed by atoms with Crippen molar-refractivity contribution in [1.29, 1.82) is 0 Å². The summed E-state index contributed by atoms with van der Waals surface area (Å²) in [7, 11) is -3.48. The van der Waals surface area contributed by atoms with Crippen molar-refractivity contribution >= 4 is 67.9 Å². The Balaban J connectivity index is 0.000000303. The van der Waals surface area contributed by atoms with E-state index in [4.69, 9.17) is 67.3 Å². The number of hydrogen-bond donors (Lipinski definition) is 5. The van der Waals surface area contributed by atoms with Crippen LogP contribution in [0.1, 0.15) is 20.3 Å². The first kappa shape index (κ1) is 33.8. The smallest absolute Gasteiger partial charge is 0.221 e. The molecular weight excluding hydrogens is 613 g/mol. The van der Waals surface area contributed by atoms with Gasteiger partial charge in [-0.15, -0.1) is 0 Å². The van der Waals surface area contributed by atoms with Crippen molar-refractivity contribution in [2.45, 2.75) is 36.1 Å². The van der Waals surface area contributed by atoms with Gasteiger partial charge in [-0.05, 0) is 68.4 Å². The monoisotopic (exact) mass is 643 g/mol. The summed E-state index contributed by atoms with van der Waals surface area (Å²) in [5.74, 6) is 0.555. The normalized spacial score (nSPS) is 12.0. The fourth-order valence-corrected chi connectivity index (χ4v) is 4.78. The van der Waals surface area contributed by atoms with Crippen LogP contribution in [-0.2, 0) is 14.7 Å². The van der Waals surface area contributed by atoms with Gasteiger partial charge >= 0.3 is 0 Å². The van der Waals surface area contributed by atoms with Crippen LogP contribution in [0.3, 0.4) is 0 Å². The van der Waals surface area contributed by atoms with Crippen LogP contribution in [0.4, 0.5) is 11.4 Å². The quantitative estimate of drug-likeness (QED) is 0.0550. The zero-order valence-corrected chi connectivity index (χ0v) is 25.4. The van der Waals surface area contributed by atoms with Gasteiger partial charge in [0.2, 0.25) is 21.8 Å². The van der Waals surface area contributed by atoms with Crippen LogP contribution in [0.2, 0.25) is 15.1 Å². The molecular formula is C26H32Cl3N7O4S. The average Bonchev–Trinajstić information content (AvgIpc) is 2.89. The average molecular weight is 645 g/mol. The Hall–Kier alpha value is -3.42. The van der Waals surface area contributed by atoms with Crippen LogP contribution in [0.5, 0.6) is 5.75 Å². The molecule has 0 bridgehead atoms. The number of ether oxygens (including phenoxy) is 1. The minimum absolute atomic E-state index is 0.0188. The lowest BCUT2D eigenvalue weighted by atomic mass is 10.3. The van der Waals surface area contributed by atoms with Crippen molar-refractivity contribution in [3.8, 4) is 5.75 Å². The van der Waals surface area contributed by atoms with Crippen molar-refractivity contribution in [2.24, 2.45) is 21.5 Å². The molecule has 41 heavy (non-hydrogen) atoms. The first-order valence-electron chi connectivity index (χ1n) is 12.1. The van der Waals surface area contributed by atoms with E-state index in [-0.39, 0.29) is 27.8 Å². The number of nitrogens with one attached hydrogen (secondary N) is 1. The van der Waals surface area contributed by atoms with Gasteiger partial charge in [0.25, 0.3) is 0 Å². The summed E-state index contributed by atoms with van der Waals surface area (Å²) in [5, 5.41) is 1.13. The standard InChI is InChI=1S/C14H20Cl3N5O2.C12H12N2O2S/c1-8(2)20-13(18)21-14(19)22-24-5-3-4-23-12-7-10(16)9(15)6-11(12)17;13-9-1-5-11(6-2-9)17(15,16)12-7-3-10(14)4-8-12/h6-8H,3-5H2,1-2H3,(H5,18,19,20,21,22);1-8H,13-14H2. The highest BCUT2D eigenvalue weighted by molar-refractivity contribution is 7.91. The SMILES string of the molecule is CC(C)N=C(N)/N=C(\N)NOCCCOc1cc(Cl)c(Cl)cc1Cl.Nc1ccc(S(=O)(=O)c2ccc(N)cc2)cc1. The first-order valence-corrected chi connectivity index (χ1v) is 14.7. The molecule has 9 N–H and O–H groups in total. The lowest BCUT2D eigenvalue weighted by molar-refractivity contribution is 0.0739. The van der Waals surface area contributed by atoms with Crippen LogP contribution in [0.15, 0.2) is 80.4 Å². The molecule has 0 spiro atoms. The van der Waals surface area contributed by atoms with Crippen LogP contribution in [-0.4, -0.2) is 39.6 Å². The molecule has 0 aliphatic carbocycles.